The second-order valence-electron chi connectivity index (χ2n) is 8.74. The molecule has 2 heterocycles. The molecule has 1 amide bonds. The van der Waals surface area contributed by atoms with Crippen molar-refractivity contribution in [1.82, 2.24) is 19.8 Å². The lowest BCUT2D eigenvalue weighted by Gasteiger charge is -2.32. The summed E-state index contributed by atoms with van der Waals surface area (Å²) in [6, 6.07) is 3.92. The maximum absolute atomic E-state index is 14.5. The Morgan fingerprint density at radius 2 is 2.00 bits per heavy atom. The zero-order chi connectivity index (χ0) is 24.5. The summed E-state index contributed by atoms with van der Waals surface area (Å²) in [6.07, 6.45) is 3.26. The van der Waals surface area contributed by atoms with Gasteiger partial charge in [0.15, 0.2) is 11.6 Å². The molecule has 1 saturated carbocycles. The normalized spacial score (nSPS) is 23.0. The fourth-order valence-corrected chi connectivity index (χ4v) is 5.90. The van der Waals surface area contributed by atoms with Crippen LogP contribution in [0.3, 0.4) is 0 Å². The number of nitrogens with zero attached hydrogens (tertiary/aromatic N) is 3. The van der Waals surface area contributed by atoms with Crippen molar-refractivity contribution < 1.29 is 31.6 Å². The van der Waals surface area contributed by atoms with Gasteiger partial charge in [0.25, 0.3) is 5.91 Å². The van der Waals surface area contributed by atoms with Crippen molar-refractivity contribution in [1.29, 1.82) is 0 Å². The van der Waals surface area contributed by atoms with Crippen LogP contribution in [0.15, 0.2) is 30.6 Å². The number of carbonyl (C=O) groups is 1. The van der Waals surface area contributed by atoms with E-state index in [1.807, 2.05) is 0 Å². The van der Waals surface area contributed by atoms with Gasteiger partial charge < -0.3 is 4.74 Å². The minimum absolute atomic E-state index is 0.0231. The fourth-order valence-electron chi connectivity index (χ4n) is 4.49. The van der Waals surface area contributed by atoms with Gasteiger partial charge in [-0.15, -0.1) is 0 Å². The minimum Gasteiger partial charge on any atom is -0.378 e. The topological polar surface area (TPSA) is 111 Å². The average molecular weight is 497 g/mol. The molecule has 1 N–H and O–H groups in total. The van der Waals surface area contributed by atoms with Crippen molar-refractivity contribution in [3.8, 4) is 11.4 Å². The van der Waals surface area contributed by atoms with E-state index in [4.69, 9.17) is 9.57 Å². The van der Waals surface area contributed by atoms with Crippen molar-refractivity contribution in [2.24, 2.45) is 5.41 Å². The van der Waals surface area contributed by atoms with Gasteiger partial charge in [0.05, 0.1) is 43.7 Å². The quantitative estimate of drug-likeness (QED) is 0.555. The molecule has 1 aromatic heterocycles. The Morgan fingerprint density at radius 3 is 2.62 bits per heavy atom. The number of ether oxygens (including phenoxy) is 1. The molecule has 1 aliphatic heterocycles. The monoisotopic (exact) mass is 496 g/mol. The first-order chi connectivity index (χ1) is 16.1. The van der Waals surface area contributed by atoms with Crippen LogP contribution in [-0.4, -0.2) is 68.0 Å². The Morgan fingerprint density at radius 1 is 1.29 bits per heavy atom. The van der Waals surface area contributed by atoms with E-state index in [1.54, 1.807) is 6.07 Å². The lowest BCUT2D eigenvalue weighted by atomic mass is 9.78. The number of hydrogen-bond donors (Lipinski definition) is 1. The van der Waals surface area contributed by atoms with E-state index < -0.39 is 38.4 Å². The van der Waals surface area contributed by atoms with Crippen molar-refractivity contribution in [3.63, 3.8) is 0 Å². The molecule has 2 fully saturated rings. The van der Waals surface area contributed by atoms with E-state index in [9.17, 15) is 22.0 Å². The zero-order valence-corrected chi connectivity index (χ0v) is 19.6. The summed E-state index contributed by atoms with van der Waals surface area (Å²) in [6.45, 7) is 0.310. The van der Waals surface area contributed by atoms with Gasteiger partial charge in [0, 0.05) is 13.1 Å². The Kier molecular flexibility index (Phi) is 6.94. The molecule has 0 spiro atoms. The molecular formula is C22H26F2N4O5S. The van der Waals surface area contributed by atoms with Crippen molar-refractivity contribution in [2.75, 3.05) is 27.4 Å². The van der Waals surface area contributed by atoms with Gasteiger partial charge in [-0.1, -0.05) is 6.07 Å². The third-order valence-corrected chi connectivity index (χ3v) is 8.25. The third kappa shape index (κ3) is 4.95. The summed E-state index contributed by atoms with van der Waals surface area (Å²) in [5, 5.41) is 0.541. The second kappa shape index (κ2) is 9.61. The van der Waals surface area contributed by atoms with Gasteiger partial charge >= 0.3 is 0 Å². The van der Waals surface area contributed by atoms with Crippen LogP contribution < -0.4 is 4.72 Å². The fraction of sp³-hybridized carbons (Fsp3) is 0.500. The minimum atomic E-state index is -3.56. The SMILES string of the molecule is CON(C)C(=O)[C@@]1(Cc2ccc(F)c(-c3ncc(F)cn3)c2)CC[C@H](NS(=O)(=O)C2COC2)C1. The molecule has 1 aromatic carbocycles. The maximum atomic E-state index is 14.5. The van der Waals surface area contributed by atoms with E-state index in [2.05, 4.69) is 14.7 Å². The van der Waals surface area contributed by atoms with Crippen molar-refractivity contribution in [3.05, 3.63) is 47.8 Å². The predicted octanol–water partition coefficient (Wildman–Crippen LogP) is 1.84. The largest absolute Gasteiger partial charge is 0.378 e. The van der Waals surface area contributed by atoms with Crippen LogP contribution in [-0.2, 0) is 30.8 Å². The number of carbonyl (C=O) groups excluding carboxylic acids is 1. The van der Waals surface area contributed by atoms with Gasteiger partial charge in [-0.05, 0) is 43.4 Å². The summed E-state index contributed by atoms with van der Waals surface area (Å²) in [7, 11) is -0.691. The Hall–Kier alpha value is -2.54. The first kappa shape index (κ1) is 24.6. The summed E-state index contributed by atoms with van der Waals surface area (Å²) >= 11 is 0. The Bertz CT molecular complexity index is 1160. The van der Waals surface area contributed by atoms with E-state index in [0.717, 1.165) is 17.5 Å². The zero-order valence-electron chi connectivity index (χ0n) is 18.8. The van der Waals surface area contributed by atoms with Crippen LogP contribution in [0.2, 0.25) is 0 Å². The lowest BCUT2D eigenvalue weighted by molar-refractivity contribution is -0.180. The lowest BCUT2D eigenvalue weighted by Crippen LogP contribution is -2.50. The molecule has 9 nitrogen and oxygen atoms in total. The number of halogens is 2. The van der Waals surface area contributed by atoms with Crippen LogP contribution in [0.4, 0.5) is 8.78 Å². The van der Waals surface area contributed by atoms with Crippen LogP contribution in [0.1, 0.15) is 24.8 Å². The molecule has 184 valence electrons. The number of hydroxylamine groups is 2. The van der Waals surface area contributed by atoms with Gasteiger partial charge in [-0.2, -0.15) is 0 Å². The molecule has 4 rings (SSSR count). The van der Waals surface area contributed by atoms with Crippen LogP contribution >= 0.6 is 0 Å². The summed E-state index contributed by atoms with van der Waals surface area (Å²) in [5.74, 6) is -1.49. The summed E-state index contributed by atoms with van der Waals surface area (Å²) in [4.78, 5) is 26.2. The van der Waals surface area contributed by atoms with E-state index in [1.165, 1.54) is 26.3 Å². The summed E-state index contributed by atoms with van der Waals surface area (Å²) < 4.78 is 60.6. The molecule has 2 atom stereocenters. The number of aromatic nitrogens is 2. The molecule has 0 bridgehead atoms. The van der Waals surface area contributed by atoms with E-state index >= 15 is 0 Å². The Balaban J connectivity index is 1.61. The molecule has 0 unspecified atom stereocenters. The first-order valence-corrected chi connectivity index (χ1v) is 12.4. The number of nitrogens with one attached hydrogen (secondary N) is 1. The van der Waals surface area contributed by atoms with Crippen LogP contribution in [0.5, 0.6) is 0 Å². The second-order valence-corrected chi connectivity index (χ2v) is 10.7. The highest BCUT2D eigenvalue weighted by atomic mass is 32.2. The van der Waals surface area contributed by atoms with Gasteiger partial charge in [0.2, 0.25) is 10.0 Å². The van der Waals surface area contributed by atoms with E-state index in [-0.39, 0.29) is 43.4 Å². The van der Waals surface area contributed by atoms with Crippen molar-refractivity contribution >= 4 is 15.9 Å². The van der Waals surface area contributed by atoms with Gasteiger partial charge in [-0.25, -0.2) is 37.0 Å². The van der Waals surface area contributed by atoms with Gasteiger partial charge in [-0.3, -0.25) is 9.63 Å². The predicted molar refractivity (Wildman–Crippen MR) is 118 cm³/mol. The van der Waals surface area contributed by atoms with Crippen LogP contribution in [0, 0.1) is 17.0 Å². The molecule has 1 saturated heterocycles. The molecule has 12 heteroatoms. The molecule has 1 aliphatic carbocycles. The molecule has 0 radical (unpaired) electrons. The average Bonchev–Trinajstić information content (AvgIpc) is 3.15. The highest BCUT2D eigenvalue weighted by Crippen LogP contribution is 2.43. The molecular weight excluding hydrogens is 470 g/mol. The number of hydrogen-bond acceptors (Lipinski definition) is 7. The maximum Gasteiger partial charge on any atom is 0.252 e. The molecule has 34 heavy (non-hydrogen) atoms. The number of sulfonamides is 1. The van der Waals surface area contributed by atoms with Gasteiger partial charge in [0.1, 0.15) is 11.1 Å². The number of rotatable bonds is 8. The molecule has 2 aliphatic rings. The smallest absolute Gasteiger partial charge is 0.252 e. The van der Waals surface area contributed by atoms with E-state index in [0.29, 0.717) is 18.4 Å². The standard InChI is InChI=1S/C22H26F2N4O5S/c1-28(32-2)21(29)22(6-5-16(9-22)27-34(30,31)17-12-33-13-17)8-14-3-4-19(24)18(7-14)20-25-10-15(23)11-26-20/h3-4,7,10-11,16-17,27H,5-6,8-9,12-13H2,1-2H3/t16-,22+/m0/s1. The highest BCUT2D eigenvalue weighted by Gasteiger charge is 2.48. The highest BCUT2D eigenvalue weighted by molar-refractivity contribution is 7.90. The first-order valence-electron chi connectivity index (χ1n) is 10.8. The third-order valence-electron chi connectivity index (χ3n) is 6.43. The van der Waals surface area contributed by atoms with Crippen LogP contribution in [0.25, 0.3) is 11.4 Å². The Labute approximate surface area is 196 Å². The molecule has 2 aromatic rings. The van der Waals surface area contributed by atoms with Crippen molar-refractivity contribution in [2.45, 2.75) is 37.0 Å². The number of amides is 1. The number of benzene rings is 1. The summed E-state index contributed by atoms with van der Waals surface area (Å²) in [5.41, 5.74) is -0.245.